The highest BCUT2D eigenvalue weighted by Gasteiger charge is 2.31. The van der Waals surface area contributed by atoms with Crippen LogP contribution in [0.3, 0.4) is 0 Å². The van der Waals surface area contributed by atoms with Gasteiger partial charge in [-0.1, -0.05) is 60.1 Å². The molecular weight excluding hydrogens is 551 g/mol. The van der Waals surface area contributed by atoms with Crippen molar-refractivity contribution in [3.63, 3.8) is 0 Å². The maximum absolute atomic E-state index is 13.0. The van der Waals surface area contributed by atoms with E-state index in [0.717, 1.165) is 51.4 Å². The average Bonchev–Trinajstić information content (AvgIpc) is 2.96. The lowest BCUT2D eigenvalue weighted by Crippen LogP contribution is -2.44. The number of carbonyl (C=O) groups is 1. The van der Waals surface area contributed by atoms with E-state index < -0.39 is 11.7 Å². The van der Waals surface area contributed by atoms with E-state index in [9.17, 15) is 18.0 Å². The van der Waals surface area contributed by atoms with Gasteiger partial charge in [0.25, 0.3) is 5.91 Å². The van der Waals surface area contributed by atoms with Crippen molar-refractivity contribution < 1.29 is 22.7 Å². The van der Waals surface area contributed by atoms with Crippen LogP contribution in [0.5, 0.6) is 5.75 Å². The Labute approximate surface area is 244 Å². The van der Waals surface area contributed by atoms with Crippen LogP contribution in [0.25, 0.3) is 0 Å². The monoisotopic (exact) mass is 585 g/mol. The molecule has 2 aliphatic heterocycles. The predicted molar refractivity (Wildman–Crippen MR) is 154 cm³/mol. The first-order valence-corrected chi connectivity index (χ1v) is 14.5. The minimum Gasteiger partial charge on any atom is -0.489 e. The Kier molecular flexibility index (Phi) is 9.53. The van der Waals surface area contributed by atoms with Crippen molar-refractivity contribution in [2.45, 2.75) is 57.1 Å². The van der Waals surface area contributed by atoms with Gasteiger partial charge >= 0.3 is 6.18 Å². The molecule has 0 unspecified atom stereocenters. The number of piperidine rings is 2. The number of nitrogens with one attached hydrogen (secondary N) is 1. The lowest BCUT2D eigenvalue weighted by molar-refractivity contribution is -0.137. The molecule has 0 saturated carbocycles. The Hall–Kier alpha value is -3.07. The van der Waals surface area contributed by atoms with Crippen molar-refractivity contribution in [3.8, 4) is 5.75 Å². The lowest BCUT2D eigenvalue weighted by atomic mass is 10.0. The molecule has 5 nitrogen and oxygen atoms in total. The van der Waals surface area contributed by atoms with Gasteiger partial charge < -0.3 is 10.1 Å². The van der Waals surface area contributed by atoms with E-state index in [-0.39, 0.29) is 18.1 Å². The second-order valence-electron chi connectivity index (χ2n) is 10.9. The van der Waals surface area contributed by atoms with Crippen LogP contribution in [0, 0.1) is 0 Å². The van der Waals surface area contributed by atoms with Gasteiger partial charge in [-0.2, -0.15) is 13.2 Å². The first-order valence-electron chi connectivity index (χ1n) is 14.1. The van der Waals surface area contributed by atoms with E-state index in [1.54, 1.807) is 24.3 Å². The summed E-state index contributed by atoms with van der Waals surface area (Å²) < 4.78 is 45.2. The summed E-state index contributed by atoms with van der Waals surface area (Å²) in [5, 5.41) is 3.54. The molecule has 0 aliphatic carbocycles. The fourth-order valence-corrected chi connectivity index (χ4v) is 5.78. The number of hydrogen-bond donors (Lipinski definition) is 1. The number of likely N-dealkylation sites (tertiary alicyclic amines) is 2. The summed E-state index contributed by atoms with van der Waals surface area (Å²) in [5.41, 5.74) is 1.83. The molecule has 0 radical (unpaired) electrons. The summed E-state index contributed by atoms with van der Waals surface area (Å²) in [6.45, 7) is 4.69. The topological polar surface area (TPSA) is 44.8 Å². The molecule has 0 atom stereocenters. The maximum atomic E-state index is 13.0. The summed E-state index contributed by atoms with van der Waals surface area (Å²) in [6, 6.07) is 21.2. The van der Waals surface area contributed by atoms with Crippen LogP contribution < -0.4 is 10.1 Å². The number of alkyl halides is 3. The van der Waals surface area contributed by atoms with Gasteiger partial charge in [0, 0.05) is 50.9 Å². The van der Waals surface area contributed by atoms with Crippen molar-refractivity contribution in [3.05, 3.63) is 100 Å². The fourth-order valence-electron chi connectivity index (χ4n) is 5.55. The van der Waals surface area contributed by atoms with E-state index in [1.807, 2.05) is 6.07 Å². The van der Waals surface area contributed by atoms with Crippen LogP contribution in [0.1, 0.15) is 52.7 Å². The summed E-state index contributed by atoms with van der Waals surface area (Å²) in [4.78, 5) is 17.5. The van der Waals surface area contributed by atoms with Gasteiger partial charge in [-0.15, -0.1) is 0 Å². The largest absolute Gasteiger partial charge is 0.489 e. The molecule has 0 bridgehead atoms. The smallest absolute Gasteiger partial charge is 0.416 e. The Morgan fingerprint density at radius 3 is 2.12 bits per heavy atom. The Balaban J connectivity index is 1.06. The summed E-state index contributed by atoms with van der Waals surface area (Å²) in [5.74, 6) is 0.400. The number of ether oxygens (including phenoxy) is 1. The van der Waals surface area contributed by atoms with Crippen LogP contribution in [0.2, 0.25) is 5.02 Å². The number of benzene rings is 3. The minimum absolute atomic E-state index is 0.0500. The van der Waals surface area contributed by atoms with Crippen LogP contribution >= 0.6 is 11.6 Å². The molecule has 1 N–H and O–H groups in total. The molecule has 2 aliphatic rings. The fraction of sp³-hybridized carbons (Fsp3) is 0.406. The van der Waals surface area contributed by atoms with Crippen LogP contribution in [-0.4, -0.2) is 54.0 Å². The van der Waals surface area contributed by atoms with E-state index in [1.165, 1.54) is 17.7 Å². The second-order valence-corrected chi connectivity index (χ2v) is 11.4. The minimum atomic E-state index is -4.34. The predicted octanol–water partition coefficient (Wildman–Crippen LogP) is 6.80. The molecule has 0 spiro atoms. The van der Waals surface area contributed by atoms with Gasteiger partial charge in [-0.05, 0) is 61.1 Å². The quantitative estimate of drug-likeness (QED) is 0.316. The van der Waals surface area contributed by atoms with E-state index in [2.05, 4.69) is 39.4 Å². The van der Waals surface area contributed by atoms with Gasteiger partial charge in [-0.3, -0.25) is 14.6 Å². The number of hydrogen-bond acceptors (Lipinski definition) is 4. The van der Waals surface area contributed by atoms with Crippen LogP contribution in [0.4, 0.5) is 13.2 Å². The first kappa shape index (κ1) is 29.4. The molecule has 0 aromatic heterocycles. The van der Waals surface area contributed by atoms with Gasteiger partial charge in [0.2, 0.25) is 0 Å². The Morgan fingerprint density at radius 2 is 1.46 bits per heavy atom. The van der Waals surface area contributed by atoms with Crippen molar-refractivity contribution in [2.24, 2.45) is 0 Å². The molecule has 5 rings (SSSR count). The molecule has 218 valence electrons. The lowest BCUT2D eigenvalue weighted by Gasteiger charge is -2.32. The highest BCUT2D eigenvalue weighted by Crippen LogP contribution is 2.31. The molecule has 2 saturated heterocycles. The van der Waals surface area contributed by atoms with E-state index in [4.69, 9.17) is 16.3 Å². The van der Waals surface area contributed by atoms with Gasteiger partial charge in [-0.25, -0.2) is 0 Å². The third-order valence-electron chi connectivity index (χ3n) is 7.85. The van der Waals surface area contributed by atoms with E-state index in [0.29, 0.717) is 41.5 Å². The first-order chi connectivity index (χ1) is 19.7. The number of nitrogens with zero attached hydrogens (tertiary/aromatic N) is 2. The van der Waals surface area contributed by atoms with Crippen molar-refractivity contribution >= 4 is 17.5 Å². The standard InChI is InChI=1S/C32H35ClF3N3O2/c33-29-20-25(31(40)37-27-11-15-38(16-12-27)21-23-5-2-1-3-6-23)9-10-30(29)41-28-13-17-39(18-14-28)22-24-7-4-8-26(19-24)32(34,35)36/h1-10,19-20,27-28H,11-18,21-22H2,(H,37,40). The normalized spacial score (nSPS) is 17.9. The number of carbonyl (C=O) groups excluding carboxylic acids is 1. The average molecular weight is 586 g/mol. The van der Waals surface area contributed by atoms with Gasteiger partial charge in [0.15, 0.2) is 0 Å². The van der Waals surface area contributed by atoms with Crippen molar-refractivity contribution in [2.75, 3.05) is 26.2 Å². The molecule has 9 heteroatoms. The highest BCUT2D eigenvalue weighted by molar-refractivity contribution is 6.32. The molecule has 3 aromatic rings. The molecule has 2 fully saturated rings. The van der Waals surface area contributed by atoms with E-state index >= 15 is 0 Å². The van der Waals surface area contributed by atoms with Crippen molar-refractivity contribution in [1.82, 2.24) is 15.1 Å². The zero-order chi connectivity index (χ0) is 28.8. The molecular formula is C32H35ClF3N3O2. The number of rotatable bonds is 8. The van der Waals surface area contributed by atoms with Gasteiger partial charge in [0.05, 0.1) is 10.6 Å². The Bertz CT molecular complexity index is 1310. The van der Waals surface area contributed by atoms with Crippen molar-refractivity contribution in [1.29, 1.82) is 0 Å². The SMILES string of the molecule is O=C(NC1CCN(Cc2ccccc2)CC1)c1ccc(OC2CCN(Cc3cccc(C(F)(F)F)c3)CC2)c(Cl)c1. The molecule has 1 amide bonds. The molecule has 2 heterocycles. The number of halogens is 4. The zero-order valence-electron chi connectivity index (χ0n) is 22.9. The molecule has 3 aromatic carbocycles. The zero-order valence-corrected chi connectivity index (χ0v) is 23.6. The van der Waals surface area contributed by atoms with Crippen LogP contribution in [-0.2, 0) is 19.3 Å². The summed E-state index contributed by atoms with van der Waals surface area (Å²) in [7, 11) is 0. The number of amides is 1. The Morgan fingerprint density at radius 1 is 0.829 bits per heavy atom. The van der Waals surface area contributed by atoms with Gasteiger partial charge in [0.1, 0.15) is 11.9 Å². The maximum Gasteiger partial charge on any atom is 0.416 e. The molecule has 41 heavy (non-hydrogen) atoms. The second kappa shape index (κ2) is 13.3. The van der Waals surface area contributed by atoms with Crippen LogP contribution in [0.15, 0.2) is 72.8 Å². The highest BCUT2D eigenvalue weighted by atomic mass is 35.5. The summed E-state index contributed by atoms with van der Waals surface area (Å²) in [6.07, 6.45) is -1.11. The summed E-state index contributed by atoms with van der Waals surface area (Å²) >= 11 is 6.51. The third-order valence-corrected chi connectivity index (χ3v) is 8.15. The third kappa shape index (κ3) is 8.24.